The van der Waals surface area contributed by atoms with Gasteiger partial charge in [0.25, 0.3) is 0 Å². The predicted octanol–water partition coefficient (Wildman–Crippen LogP) is 3.88. The molecule has 1 fully saturated rings. The number of aryl methyl sites for hydroxylation is 1. The second kappa shape index (κ2) is 8.54. The van der Waals surface area contributed by atoms with Gasteiger partial charge in [-0.05, 0) is 48.4 Å². The van der Waals surface area contributed by atoms with Crippen LogP contribution >= 0.6 is 15.9 Å². The molecule has 1 aliphatic rings. The summed E-state index contributed by atoms with van der Waals surface area (Å²) in [5.41, 5.74) is 1.72. The van der Waals surface area contributed by atoms with E-state index in [1.54, 1.807) is 19.2 Å². The van der Waals surface area contributed by atoms with Gasteiger partial charge in [0.1, 0.15) is 11.6 Å². The third-order valence-corrected chi connectivity index (χ3v) is 5.19. The van der Waals surface area contributed by atoms with Crippen molar-refractivity contribution in [1.82, 2.24) is 4.90 Å². The van der Waals surface area contributed by atoms with E-state index in [9.17, 15) is 9.18 Å². The first-order valence-electron chi connectivity index (χ1n) is 8.67. The van der Waals surface area contributed by atoms with Crippen molar-refractivity contribution in [3.05, 3.63) is 58.3 Å². The van der Waals surface area contributed by atoms with E-state index < -0.39 is 0 Å². The molecule has 26 heavy (non-hydrogen) atoms. The number of benzene rings is 2. The summed E-state index contributed by atoms with van der Waals surface area (Å²) in [5.74, 6) is 0.654. The molecule has 0 radical (unpaired) electrons. The van der Waals surface area contributed by atoms with E-state index in [0.29, 0.717) is 36.0 Å². The summed E-state index contributed by atoms with van der Waals surface area (Å²) in [6, 6.07) is 12.9. The Labute approximate surface area is 161 Å². The zero-order chi connectivity index (χ0) is 18.5. The minimum absolute atomic E-state index is 0.0849. The number of hydrogen-bond donors (Lipinski definition) is 0. The lowest BCUT2D eigenvalue weighted by atomic mass is 10.1. The molecule has 6 heteroatoms. The van der Waals surface area contributed by atoms with Crippen molar-refractivity contribution in [1.29, 1.82) is 0 Å². The molecule has 1 saturated heterocycles. The molecule has 2 aromatic carbocycles. The summed E-state index contributed by atoms with van der Waals surface area (Å²) in [5, 5.41) is 0. The molecule has 3 rings (SSSR count). The van der Waals surface area contributed by atoms with Crippen LogP contribution in [0.2, 0.25) is 0 Å². The average Bonchev–Trinajstić information content (AvgIpc) is 2.67. The van der Waals surface area contributed by atoms with Crippen LogP contribution in [0, 0.1) is 5.82 Å². The van der Waals surface area contributed by atoms with Gasteiger partial charge in [-0.2, -0.15) is 0 Å². The number of amides is 1. The molecule has 0 atom stereocenters. The first-order chi connectivity index (χ1) is 12.6. The summed E-state index contributed by atoms with van der Waals surface area (Å²) < 4.78 is 19.8. The van der Waals surface area contributed by atoms with Crippen LogP contribution < -0.4 is 9.64 Å². The summed E-state index contributed by atoms with van der Waals surface area (Å²) >= 11 is 3.24. The number of halogens is 2. The number of rotatable bonds is 5. The molecule has 0 bridgehead atoms. The zero-order valence-electron chi connectivity index (χ0n) is 14.8. The summed E-state index contributed by atoms with van der Waals surface area (Å²) in [6.45, 7) is 2.97. The number of carbonyl (C=O) groups is 1. The van der Waals surface area contributed by atoms with Gasteiger partial charge in [-0.3, -0.25) is 4.79 Å². The monoisotopic (exact) mass is 420 g/mol. The highest BCUT2D eigenvalue weighted by Crippen LogP contribution is 2.21. The fraction of sp³-hybridized carbons (Fsp3) is 0.350. The Kier molecular flexibility index (Phi) is 6.14. The van der Waals surface area contributed by atoms with Gasteiger partial charge in [0.2, 0.25) is 5.91 Å². The number of anilines is 1. The van der Waals surface area contributed by atoms with Crippen molar-refractivity contribution in [3.63, 3.8) is 0 Å². The van der Waals surface area contributed by atoms with Crippen LogP contribution in [0.4, 0.5) is 10.1 Å². The van der Waals surface area contributed by atoms with Gasteiger partial charge >= 0.3 is 0 Å². The lowest BCUT2D eigenvalue weighted by Gasteiger charge is -2.36. The largest absolute Gasteiger partial charge is 0.497 e. The highest BCUT2D eigenvalue weighted by Gasteiger charge is 2.21. The topological polar surface area (TPSA) is 32.8 Å². The molecular formula is C20H22BrFN2O2. The van der Waals surface area contributed by atoms with Gasteiger partial charge in [-0.1, -0.05) is 22.0 Å². The molecular weight excluding hydrogens is 399 g/mol. The molecule has 0 N–H and O–H groups in total. The summed E-state index contributed by atoms with van der Waals surface area (Å²) in [6.07, 6.45) is 0.762. The molecule has 0 spiro atoms. The van der Waals surface area contributed by atoms with Crippen LogP contribution in [0.3, 0.4) is 0 Å². The standard InChI is InChI=1S/C20H22BrFN2O2/c1-26-18-7-5-17(6-8-18)23-10-12-24(13-11-23)20(25)9-3-15-2-4-16(21)14-19(15)22/h2,4-8,14H,3,9-13H2,1H3. The van der Waals surface area contributed by atoms with Crippen molar-refractivity contribution < 1.29 is 13.9 Å². The van der Waals surface area contributed by atoms with Crippen LogP contribution in [0.1, 0.15) is 12.0 Å². The number of piperazine rings is 1. The Morgan fingerprint density at radius 3 is 2.42 bits per heavy atom. The third kappa shape index (κ3) is 4.55. The van der Waals surface area contributed by atoms with Crippen molar-refractivity contribution in [2.75, 3.05) is 38.2 Å². The normalized spacial score (nSPS) is 14.4. The lowest BCUT2D eigenvalue weighted by molar-refractivity contribution is -0.131. The molecule has 2 aromatic rings. The molecule has 1 amide bonds. The van der Waals surface area contributed by atoms with Crippen LogP contribution in [-0.2, 0) is 11.2 Å². The SMILES string of the molecule is COc1ccc(N2CCN(C(=O)CCc3ccc(Br)cc3F)CC2)cc1. The minimum Gasteiger partial charge on any atom is -0.497 e. The van der Waals surface area contributed by atoms with Crippen molar-refractivity contribution in [2.24, 2.45) is 0 Å². The fourth-order valence-electron chi connectivity index (χ4n) is 3.13. The summed E-state index contributed by atoms with van der Waals surface area (Å²) in [7, 11) is 1.65. The first kappa shape index (κ1) is 18.7. The maximum absolute atomic E-state index is 13.9. The van der Waals surface area contributed by atoms with E-state index in [2.05, 4.69) is 20.8 Å². The number of ether oxygens (including phenoxy) is 1. The van der Waals surface area contributed by atoms with E-state index >= 15 is 0 Å². The maximum atomic E-state index is 13.9. The predicted molar refractivity (Wildman–Crippen MR) is 104 cm³/mol. The Morgan fingerprint density at radius 2 is 1.81 bits per heavy atom. The highest BCUT2D eigenvalue weighted by molar-refractivity contribution is 9.10. The maximum Gasteiger partial charge on any atom is 0.223 e. The molecule has 1 heterocycles. The smallest absolute Gasteiger partial charge is 0.223 e. The lowest BCUT2D eigenvalue weighted by Crippen LogP contribution is -2.48. The van der Waals surface area contributed by atoms with E-state index in [4.69, 9.17) is 4.74 Å². The highest BCUT2D eigenvalue weighted by atomic mass is 79.9. The Balaban J connectivity index is 1.50. The van der Waals surface area contributed by atoms with Crippen LogP contribution in [0.15, 0.2) is 46.9 Å². The second-order valence-corrected chi connectivity index (χ2v) is 7.22. The van der Waals surface area contributed by atoms with E-state index in [-0.39, 0.29) is 11.7 Å². The van der Waals surface area contributed by atoms with Crippen molar-refractivity contribution in [3.8, 4) is 5.75 Å². The Morgan fingerprint density at radius 1 is 1.12 bits per heavy atom. The zero-order valence-corrected chi connectivity index (χ0v) is 16.3. The van der Waals surface area contributed by atoms with E-state index in [1.807, 2.05) is 29.2 Å². The Bertz CT molecular complexity index is 759. The molecule has 0 saturated carbocycles. The van der Waals surface area contributed by atoms with Crippen molar-refractivity contribution in [2.45, 2.75) is 12.8 Å². The van der Waals surface area contributed by atoms with Crippen LogP contribution in [0.5, 0.6) is 5.75 Å². The van der Waals surface area contributed by atoms with Gasteiger partial charge in [-0.25, -0.2) is 4.39 Å². The number of nitrogens with zero attached hydrogens (tertiary/aromatic N) is 2. The molecule has 1 aliphatic heterocycles. The quantitative estimate of drug-likeness (QED) is 0.735. The van der Waals surface area contributed by atoms with Gasteiger partial charge in [0.05, 0.1) is 7.11 Å². The Hall–Kier alpha value is -2.08. The number of methoxy groups -OCH3 is 1. The molecule has 138 valence electrons. The van der Waals surface area contributed by atoms with Crippen molar-refractivity contribution >= 4 is 27.5 Å². The number of carbonyl (C=O) groups excluding carboxylic acids is 1. The van der Waals surface area contributed by atoms with Gasteiger partial charge < -0.3 is 14.5 Å². The molecule has 0 aliphatic carbocycles. The first-order valence-corrected chi connectivity index (χ1v) is 9.47. The molecule has 4 nitrogen and oxygen atoms in total. The van der Waals surface area contributed by atoms with Crippen LogP contribution in [-0.4, -0.2) is 44.1 Å². The third-order valence-electron chi connectivity index (χ3n) is 4.69. The fourth-order valence-corrected chi connectivity index (χ4v) is 3.46. The van der Waals surface area contributed by atoms with Gasteiger partial charge in [0.15, 0.2) is 0 Å². The van der Waals surface area contributed by atoms with Crippen LogP contribution in [0.25, 0.3) is 0 Å². The number of hydrogen-bond acceptors (Lipinski definition) is 3. The molecule has 0 aromatic heterocycles. The van der Waals surface area contributed by atoms with E-state index in [1.165, 1.54) is 6.07 Å². The van der Waals surface area contributed by atoms with E-state index in [0.717, 1.165) is 24.5 Å². The van der Waals surface area contributed by atoms with Gasteiger partial charge in [0, 0.05) is 42.8 Å². The molecule has 0 unspecified atom stereocenters. The van der Waals surface area contributed by atoms with Gasteiger partial charge in [-0.15, -0.1) is 0 Å². The minimum atomic E-state index is -0.267. The average molecular weight is 421 g/mol. The summed E-state index contributed by atoms with van der Waals surface area (Å²) in [4.78, 5) is 16.6. The second-order valence-electron chi connectivity index (χ2n) is 6.30.